The Morgan fingerprint density at radius 2 is 1.08 bits per heavy atom. The average Bonchev–Trinajstić information content (AvgIpc) is 2.58. The second-order valence-electron chi connectivity index (χ2n) is 6.16. The van der Waals surface area contributed by atoms with Crippen LogP contribution < -0.4 is 4.74 Å². The monoisotopic (exact) mass is 362 g/mol. The van der Waals surface area contributed by atoms with Gasteiger partial charge in [-0.3, -0.25) is 0 Å². The quantitative estimate of drug-likeness (QED) is 0.592. The lowest BCUT2D eigenvalue weighted by Crippen LogP contribution is -2.11. The van der Waals surface area contributed by atoms with Crippen molar-refractivity contribution in [3.8, 4) is 23.0 Å². The molecule has 0 atom stereocenters. The third-order valence-electron chi connectivity index (χ3n) is 5.01. The van der Waals surface area contributed by atoms with Gasteiger partial charge in [-0.1, -0.05) is 0 Å². The molecule has 0 aromatic heterocycles. The second-order valence-corrected chi connectivity index (χ2v) is 7.79. The predicted molar refractivity (Wildman–Crippen MR) is 102 cm³/mol. The largest absolute Gasteiger partial charge is 0.506 e. The lowest BCUT2D eigenvalue weighted by atomic mass is 9.92. The average molecular weight is 363 g/mol. The molecule has 3 nitrogen and oxygen atoms in total. The predicted octanol–water partition coefficient (Wildman–Crippen LogP) is 5.47. The normalized spacial score (nSPS) is 12.6. The van der Waals surface area contributed by atoms with Crippen molar-refractivity contribution in [3.05, 3.63) is 33.4 Å². The number of hydrogen-bond acceptors (Lipinski definition) is 5. The molecule has 0 bridgehead atoms. The van der Waals surface area contributed by atoms with E-state index in [4.69, 9.17) is 4.74 Å². The van der Waals surface area contributed by atoms with Crippen molar-refractivity contribution < 1.29 is 14.9 Å². The standard InChI is InChI=1S/C19H22O3S2/c1-8-10(3)16-12(18(23-5)14(8)20)7-13-17(22-16)11(4)9(2)15(21)19(13)24-6/h20-21H,7H2,1-6H3. The summed E-state index contributed by atoms with van der Waals surface area (Å²) < 4.78 is 6.35. The molecule has 2 N–H and O–H groups in total. The number of thioether (sulfide) groups is 2. The van der Waals surface area contributed by atoms with E-state index < -0.39 is 0 Å². The minimum atomic E-state index is 0.338. The molecule has 1 aliphatic rings. The van der Waals surface area contributed by atoms with Crippen molar-refractivity contribution in [3.63, 3.8) is 0 Å². The summed E-state index contributed by atoms with van der Waals surface area (Å²) in [7, 11) is 0. The lowest BCUT2D eigenvalue weighted by molar-refractivity contribution is 0.418. The van der Waals surface area contributed by atoms with E-state index in [0.29, 0.717) is 17.9 Å². The Balaban J connectivity index is 2.33. The van der Waals surface area contributed by atoms with E-state index in [-0.39, 0.29) is 0 Å². The summed E-state index contributed by atoms with van der Waals surface area (Å²) in [6.07, 6.45) is 4.58. The van der Waals surface area contributed by atoms with Gasteiger partial charge < -0.3 is 14.9 Å². The number of phenols is 2. The molecule has 0 radical (unpaired) electrons. The smallest absolute Gasteiger partial charge is 0.135 e. The molecule has 1 heterocycles. The zero-order chi connectivity index (χ0) is 17.8. The first kappa shape index (κ1) is 17.4. The Bertz CT molecular complexity index is 788. The summed E-state index contributed by atoms with van der Waals surface area (Å²) in [5, 5.41) is 21.1. The van der Waals surface area contributed by atoms with Crippen molar-refractivity contribution in [2.75, 3.05) is 12.5 Å². The van der Waals surface area contributed by atoms with Crippen molar-refractivity contribution in [2.45, 2.75) is 43.9 Å². The first-order valence-corrected chi connectivity index (χ1v) is 10.2. The van der Waals surface area contributed by atoms with Gasteiger partial charge in [-0.15, -0.1) is 23.5 Å². The van der Waals surface area contributed by atoms with Crippen LogP contribution in [-0.4, -0.2) is 22.7 Å². The third-order valence-corrected chi connectivity index (χ3v) is 6.71. The van der Waals surface area contributed by atoms with Crippen LogP contribution in [0.25, 0.3) is 0 Å². The summed E-state index contributed by atoms with van der Waals surface area (Å²) in [6.45, 7) is 7.82. The number of hydrogen-bond donors (Lipinski definition) is 2. The van der Waals surface area contributed by atoms with Gasteiger partial charge in [0.1, 0.15) is 23.0 Å². The third kappa shape index (κ3) is 2.29. The van der Waals surface area contributed by atoms with E-state index in [1.165, 1.54) is 23.5 Å². The van der Waals surface area contributed by atoms with Gasteiger partial charge in [-0.05, 0) is 62.5 Å². The molecule has 0 aliphatic carbocycles. The van der Waals surface area contributed by atoms with E-state index >= 15 is 0 Å². The molecule has 2 aromatic carbocycles. The molecule has 0 saturated heterocycles. The Kier molecular flexibility index (Phi) is 4.43. The number of phenolic OH excluding ortho intramolecular Hbond substituents is 2. The minimum absolute atomic E-state index is 0.338. The van der Waals surface area contributed by atoms with Crippen LogP contribution in [0.2, 0.25) is 0 Å². The highest BCUT2D eigenvalue weighted by atomic mass is 32.2. The van der Waals surface area contributed by atoms with Crippen molar-refractivity contribution in [2.24, 2.45) is 0 Å². The fourth-order valence-electron chi connectivity index (χ4n) is 3.30. The van der Waals surface area contributed by atoms with Gasteiger partial charge in [0.15, 0.2) is 0 Å². The van der Waals surface area contributed by atoms with Gasteiger partial charge in [0, 0.05) is 17.5 Å². The second kappa shape index (κ2) is 6.12. The van der Waals surface area contributed by atoms with Crippen molar-refractivity contribution in [1.29, 1.82) is 0 Å². The highest BCUT2D eigenvalue weighted by molar-refractivity contribution is 7.99. The molecule has 0 amide bonds. The van der Waals surface area contributed by atoms with Crippen LogP contribution in [0, 0.1) is 27.7 Å². The fourth-order valence-corrected chi connectivity index (χ4v) is 4.81. The molecule has 0 saturated carbocycles. The number of rotatable bonds is 2. The maximum atomic E-state index is 10.5. The summed E-state index contributed by atoms with van der Waals surface area (Å²) in [6, 6.07) is 0. The summed E-state index contributed by atoms with van der Waals surface area (Å²) in [5.41, 5.74) is 5.69. The Morgan fingerprint density at radius 3 is 1.42 bits per heavy atom. The molecule has 0 unspecified atom stereocenters. The molecule has 0 spiro atoms. The van der Waals surface area contributed by atoms with E-state index in [9.17, 15) is 10.2 Å². The van der Waals surface area contributed by atoms with Crippen LogP contribution in [0.15, 0.2) is 9.79 Å². The Labute approximate surface area is 151 Å². The summed E-state index contributed by atoms with van der Waals surface area (Å²) in [4.78, 5) is 1.73. The lowest BCUT2D eigenvalue weighted by Gasteiger charge is -2.29. The minimum Gasteiger partial charge on any atom is -0.506 e. The number of aromatic hydroxyl groups is 2. The molecule has 3 rings (SSSR count). The maximum Gasteiger partial charge on any atom is 0.135 e. The molecular weight excluding hydrogens is 340 g/mol. The first-order valence-electron chi connectivity index (χ1n) is 7.79. The summed E-state index contributed by atoms with van der Waals surface area (Å²) in [5.74, 6) is 2.37. The summed E-state index contributed by atoms with van der Waals surface area (Å²) >= 11 is 3.07. The zero-order valence-corrected chi connectivity index (χ0v) is 16.5. The molecule has 5 heteroatoms. The van der Waals surface area contributed by atoms with E-state index in [1.54, 1.807) is 0 Å². The van der Waals surface area contributed by atoms with E-state index in [1.807, 2.05) is 40.2 Å². The zero-order valence-electron chi connectivity index (χ0n) is 14.8. The number of ether oxygens (including phenoxy) is 1. The highest BCUT2D eigenvalue weighted by Crippen LogP contribution is 2.52. The van der Waals surface area contributed by atoms with Gasteiger partial charge in [-0.2, -0.15) is 0 Å². The molecular formula is C19H22O3S2. The molecule has 2 aromatic rings. The van der Waals surface area contributed by atoms with Crippen LogP contribution in [0.1, 0.15) is 33.4 Å². The molecule has 24 heavy (non-hydrogen) atoms. The maximum absolute atomic E-state index is 10.5. The van der Waals surface area contributed by atoms with Gasteiger partial charge in [-0.25, -0.2) is 0 Å². The molecule has 0 fully saturated rings. The molecule has 1 aliphatic heterocycles. The number of benzene rings is 2. The van der Waals surface area contributed by atoms with Crippen molar-refractivity contribution in [1.82, 2.24) is 0 Å². The topological polar surface area (TPSA) is 49.7 Å². The van der Waals surface area contributed by atoms with E-state index in [0.717, 1.165) is 54.7 Å². The van der Waals surface area contributed by atoms with Crippen LogP contribution >= 0.6 is 23.5 Å². The van der Waals surface area contributed by atoms with Crippen LogP contribution in [0.3, 0.4) is 0 Å². The Hall–Kier alpha value is -1.46. The molecule has 128 valence electrons. The van der Waals surface area contributed by atoms with Crippen LogP contribution in [0.4, 0.5) is 0 Å². The number of fused-ring (bicyclic) bond motifs is 2. The SMILES string of the molecule is CSc1c(O)c(C)c(C)c2c1Cc1c(c(C)c(C)c(O)c1SC)O2. The highest BCUT2D eigenvalue weighted by Gasteiger charge is 2.30. The van der Waals surface area contributed by atoms with E-state index in [2.05, 4.69) is 0 Å². The van der Waals surface area contributed by atoms with Gasteiger partial charge >= 0.3 is 0 Å². The van der Waals surface area contributed by atoms with Crippen LogP contribution in [-0.2, 0) is 6.42 Å². The first-order chi connectivity index (χ1) is 11.3. The Morgan fingerprint density at radius 1 is 0.708 bits per heavy atom. The van der Waals surface area contributed by atoms with Gasteiger partial charge in [0.25, 0.3) is 0 Å². The van der Waals surface area contributed by atoms with Gasteiger partial charge in [0.2, 0.25) is 0 Å². The van der Waals surface area contributed by atoms with Gasteiger partial charge in [0.05, 0.1) is 9.79 Å². The fraction of sp³-hybridized carbons (Fsp3) is 0.368. The van der Waals surface area contributed by atoms with Crippen LogP contribution in [0.5, 0.6) is 23.0 Å². The van der Waals surface area contributed by atoms with Crippen molar-refractivity contribution >= 4 is 23.5 Å².